The number of benzene rings is 2. The fraction of sp³-hybridized carbons (Fsp3) is 0.333. The summed E-state index contributed by atoms with van der Waals surface area (Å²) in [7, 11) is 0. The molecule has 2 aromatic carbocycles. The number of hydrogen-bond acceptors (Lipinski definition) is 1. The van der Waals surface area contributed by atoms with Crippen molar-refractivity contribution in [1.82, 2.24) is 0 Å². The molecule has 1 N–H and O–H groups in total. The van der Waals surface area contributed by atoms with Crippen molar-refractivity contribution in [2.24, 2.45) is 0 Å². The van der Waals surface area contributed by atoms with Crippen LogP contribution in [0.25, 0.3) is 0 Å². The first-order chi connectivity index (χ1) is 9.17. The summed E-state index contributed by atoms with van der Waals surface area (Å²) in [5, 5.41) is 3.55. The van der Waals surface area contributed by atoms with E-state index < -0.39 is 0 Å². The van der Waals surface area contributed by atoms with Gasteiger partial charge >= 0.3 is 0 Å². The Labute approximate surface area is 115 Å². The Bertz CT molecular complexity index is 573. The summed E-state index contributed by atoms with van der Waals surface area (Å²) in [6.07, 6.45) is 2.34. The molecule has 0 bridgehead atoms. The lowest BCUT2D eigenvalue weighted by Crippen LogP contribution is -2.25. The first-order valence-electron chi connectivity index (χ1n) is 7.06. The maximum absolute atomic E-state index is 3.55. The van der Waals surface area contributed by atoms with Crippen LogP contribution in [-0.4, -0.2) is 6.54 Å². The van der Waals surface area contributed by atoms with Crippen LogP contribution in [0.4, 0.5) is 5.69 Å². The van der Waals surface area contributed by atoms with Gasteiger partial charge in [-0.2, -0.15) is 0 Å². The molecule has 0 saturated carbocycles. The Morgan fingerprint density at radius 2 is 1.89 bits per heavy atom. The molecule has 0 amide bonds. The van der Waals surface area contributed by atoms with Crippen molar-refractivity contribution in [1.29, 1.82) is 0 Å². The standard InChI is InChI=1S/C18H21N/c1-14-8-9-17-16(12-14)18(2,13-19-17)11-10-15-6-4-3-5-7-15/h3-9,12,19H,10-11,13H2,1-2H3. The van der Waals surface area contributed by atoms with Crippen LogP contribution in [0.1, 0.15) is 30.0 Å². The summed E-state index contributed by atoms with van der Waals surface area (Å²) >= 11 is 0. The second kappa shape index (κ2) is 4.73. The molecule has 98 valence electrons. The molecule has 2 aromatic rings. The van der Waals surface area contributed by atoms with Crippen LogP contribution in [0.3, 0.4) is 0 Å². The molecule has 0 saturated heterocycles. The average molecular weight is 251 g/mol. The van der Waals surface area contributed by atoms with Crippen molar-refractivity contribution >= 4 is 5.69 Å². The van der Waals surface area contributed by atoms with Gasteiger partial charge in [0, 0.05) is 17.6 Å². The molecule has 1 unspecified atom stereocenters. The van der Waals surface area contributed by atoms with Crippen LogP contribution in [0.5, 0.6) is 0 Å². The Kier molecular flexibility index (Phi) is 3.06. The van der Waals surface area contributed by atoms with Gasteiger partial charge in [-0.15, -0.1) is 0 Å². The Balaban J connectivity index is 1.81. The summed E-state index contributed by atoms with van der Waals surface area (Å²) in [5.74, 6) is 0. The van der Waals surface area contributed by atoms with E-state index in [-0.39, 0.29) is 5.41 Å². The number of anilines is 1. The highest BCUT2D eigenvalue weighted by atomic mass is 14.9. The molecule has 1 nitrogen and oxygen atoms in total. The van der Waals surface area contributed by atoms with Crippen molar-refractivity contribution < 1.29 is 0 Å². The van der Waals surface area contributed by atoms with Crippen molar-refractivity contribution in [3.05, 3.63) is 65.2 Å². The predicted molar refractivity (Wildman–Crippen MR) is 81.8 cm³/mol. The summed E-state index contributed by atoms with van der Waals surface area (Å²) in [6, 6.07) is 17.5. The highest BCUT2D eigenvalue weighted by Gasteiger charge is 2.33. The van der Waals surface area contributed by atoms with E-state index in [1.807, 2.05) is 0 Å². The maximum atomic E-state index is 3.55. The molecule has 1 heterocycles. The van der Waals surface area contributed by atoms with Gasteiger partial charge < -0.3 is 5.32 Å². The molecule has 1 aliphatic rings. The SMILES string of the molecule is Cc1ccc2c(c1)C(C)(CCc1ccccc1)CN2. The zero-order valence-corrected chi connectivity index (χ0v) is 11.7. The first kappa shape index (κ1) is 12.3. The minimum atomic E-state index is 0.261. The molecule has 1 heteroatoms. The van der Waals surface area contributed by atoms with E-state index in [4.69, 9.17) is 0 Å². The lowest BCUT2D eigenvalue weighted by molar-refractivity contribution is 0.478. The van der Waals surface area contributed by atoms with Crippen LogP contribution in [0.15, 0.2) is 48.5 Å². The number of rotatable bonds is 3. The Morgan fingerprint density at radius 3 is 2.68 bits per heavy atom. The quantitative estimate of drug-likeness (QED) is 0.857. The molecular weight excluding hydrogens is 230 g/mol. The third kappa shape index (κ3) is 2.37. The fourth-order valence-electron chi connectivity index (χ4n) is 2.99. The molecule has 1 aliphatic heterocycles. The van der Waals surface area contributed by atoms with E-state index in [1.165, 1.54) is 28.8 Å². The van der Waals surface area contributed by atoms with Gasteiger partial charge in [0.2, 0.25) is 0 Å². The zero-order chi connectivity index (χ0) is 13.3. The van der Waals surface area contributed by atoms with Gasteiger partial charge in [-0.25, -0.2) is 0 Å². The summed E-state index contributed by atoms with van der Waals surface area (Å²) in [6.45, 7) is 5.61. The molecule has 0 spiro atoms. The van der Waals surface area contributed by atoms with Crippen LogP contribution < -0.4 is 5.32 Å². The largest absolute Gasteiger partial charge is 0.384 e. The van der Waals surface area contributed by atoms with Crippen LogP contribution in [-0.2, 0) is 11.8 Å². The van der Waals surface area contributed by atoms with E-state index in [0.29, 0.717) is 0 Å². The summed E-state index contributed by atoms with van der Waals surface area (Å²) in [5.41, 5.74) is 5.86. The topological polar surface area (TPSA) is 12.0 Å². The van der Waals surface area contributed by atoms with Gasteiger partial charge in [0.1, 0.15) is 0 Å². The lowest BCUT2D eigenvalue weighted by atomic mass is 9.79. The Morgan fingerprint density at radius 1 is 1.11 bits per heavy atom. The molecule has 0 aliphatic carbocycles. The molecular formula is C18H21N. The van der Waals surface area contributed by atoms with E-state index in [0.717, 1.165) is 13.0 Å². The van der Waals surface area contributed by atoms with Crippen molar-refractivity contribution in [2.75, 3.05) is 11.9 Å². The molecule has 0 radical (unpaired) electrons. The normalized spacial score (nSPS) is 20.9. The second-order valence-electron chi connectivity index (χ2n) is 5.95. The Hall–Kier alpha value is -1.76. The molecule has 0 aromatic heterocycles. The van der Waals surface area contributed by atoms with Crippen molar-refractivity contribution in [2.45, 2.75) is 32.1 Å². The number of nitrogens with one attached hydrogen (secondary N) is 1. The number of aryl methyl sites for hydroxylation is 2. The molecule has 1 atom stereocenters. The van der Waals surface area contributed by atoms with E-state index in [9.17, 15) is 0 Å². The van der Waals surface area contributed by atoms with E-state index >= 15 is 0 Å². The van der Waals surface area contributed by atoms with Gasteiger partial charge in [0.15, 0.2) is 0 Å². The summed E-state index contributed by atoms with van der Waals surface area (Å²) in [4.78, 5) is 0. The molecule has 19 heavy (non-hydrogen) atoms. The summed E-state index contributed by atoms with van der Waals surface area (Å²) < 4.78 is 0. The molecule has 3 rings (SSSR count). The smallest absolute Gasteiger partial charge is 0.0379 e. The van der Waals surface area contributed by atoms with Gasteiger partial charge in [-0.05, 0) is 37.0 Å². The highest BCUT2D eigenvalue weighted by molar-refractivity contribution is 5.61. The van der Waals surface area contributed by atoms with Gasteiger partial charge in [-0.3, -0.25) is 0 Å². The minimum Gasteiger partial charge on any atom is -0.384 e. The zero-order valence-electron chi connectivity index (χ0n) is 11.7. The third-order valence-electron chi connectivity index (χ3n) is 4.30. The monoisotopic (exact) mass is 251 g/mol. The number of fused-ring (bicyclic) bond motifs is 1. The number of hydrogen-bond donors (Lipinski definition) is 1. The van der Waals surface area contributed by atoms with E-state index in [2.05, 4.69) is 67.7 Å². The van der Waals surface area contributed by atoms with Crippen LogP contribution in [0, 0.1) is 6.92 Å². The van der Waals surface area contributed by atoms with Crippen molar-refractivity contribution in [3.63, 3.8) is 0 Å². The van der Waals surface area contributed by atoms with E-state index in [1.54, 1.807) is 0 Å². The highest BCUT2D eigenvalue weighted by Crippen LogP contribution is 2.40. The lowest BCUT2D eigenvalue weighted by Gasteiger charge is -2.24. The fourth-order valence-corrected chi connectivity index (χ4v) is 2.99. The van der Waals surface area contributed by atoms with Crippen molar-refractivity contribution in [3.8, 4) is 0 Å². The second-order valence-corrected chi connectivity index (χ2v) is 5.95. The van der Waals surface area contributed by atoms with Crippen LogP contribution >= 0.6 is 0 Å². The van der Waals surface area contributed by atoms with Gasteiger partial charge in [0.05, 0.1) is 0 Å². The first-order valence-corrected chi connectivity index (χ1v) is 7.06. The minimum absolute atomic E-state index is 0.261. The van der Waals surface area contributed by atoms with Gasteiger partial charge in [0.25, 0.3) is 0 Å². The molecule has 0 fully saturated rings. The predicted octanol–water partition coefficient (Wildman–Crippen LogP) is 4.31. The maximum Gasteiger partial charge on any atom is 0.0379 e. The average Bonchev–Trinajstić information content (AvgIpc) is 2.76. The van der Waals surface area contributed by atoms with Crippen LogP contribution in [0.2, 0.25) is 0 Å². The third-order valence-corrected chi connectivity index (χ3v) is 4.30. The van der Waals surface area contributed by atoms with Gasteiger partial charge in [-0.1, -0.05) is 55.0 Å².